The van der Waals surface area contributed by atoms with Gasteiger partial charge < -0.3 is 15.2 Å². The molecular weight excluding hydrogens is 210 g/mol. The lowest BCUT2D eigenvalue weighted by atomic mass is 10.2. The molecule has 3 nitrogen and oxygen atoms in total. The summed E-state index contributed by atoms with van der Waals surface area (Å²) in [7, 11) is 1.67. The summed E-state index contributed by atoms with van der Waals surface area (Å²) < 4.78 is 10.5. The van der Waals surface area contributed by atoms with Crippen LogP contribution in [0.25, 0.3) is 0 Å². The van der Waals surface area contributed by atoms with Gasteiger partial charge in [0, 0.05) is 20.1 Å². The molecule has 0 atom stereocenters. The quantitative estimate of drug-likeness (QED) is 0.591. The maximum Gasteiger partial charge on any atom is 0.129 e. The molecule has 0 aliphatic carbocycles. The van der Waals surface area contributed by atoms with Crippen LogP contribution in [0.4, 0.5) is 0 Å². The molecule has 2 N–H and O–H groups in total. The van der Waals surface area contributed by atoms with Gasteiger partial charge in [-0.25, -0.2) is 0 Å². The van der Waals surface area contributed by atoms with E-state index in [-0.39, 0.29) is 0 Å². The second-order valence-corrected chi connectivity index (χ2v) is 3.50. The van der Waals surface area contributed by atoms with E-state index in [1.165, 1.54) is 0 Å². The third-order valence-corrected chi connectivity index (χ3v) is 2.12. The lowest BCUT2D eigenvalue weighted by molar-refractivity contribution is 0.172. The molecule has 0 fully saturated rings. The van der Waals surface area contributed by atoms with Gasteiger partial charge in [0.1, 0.15) is 10.7 Å². The van der Waals surface area contributed by atoms with Gasteiger partial charge in [-0.3, -0.25) is 0 Å². The van der Waals surface area contributed by atoms with E-state index in [0.717, 1.165) is 17.7 Å². The first-order valence-corrected chi connectivity index (χ1v) is 5.17. The monoisotopic (exact) mass is 225 g/mol. The average molecular weight is 225 g/mol. The van der Waals surface area contributed by atoms with Gasteiger partial charge in [0.05, 0.1) is 12.2 Å². The molecule has 4 heteroatoms. The van der Waals surface area contributed by atoms with E-state index in [1.807, 2.05) is 24.3 Å². The summed E-state index contributed by atoms with van der Waals surface area (Å²) in [4.78, 5) is 0.359. The Hall–Kier alpha value is -1.13. The van der Waals surface area contributed by atoms with Crippen LogP contribution >= 0.6 is 12.2 Å². The molecule has 0 aromatic heterocycles. The van der Waals surface area contributed by atoms with Crippen LogP contribution in [0.3, 0.4) is 0 Å². The van der Waals surface area contributed by atoms with Crippen molar-refractivity contribution in [1.29, 1.82) is 0 Å². The lowest BCUT2D eigenvalue weighted by Gasteiger charge is -2.09. The highest BCUT2D eigenvalue weighted by molar-refractivity contribution is 7.80. The number of hydrogen-bond donors (Lipinski definition) is 1. The first-order valence-electron chi connectivity index (χ1n) is 4.76. The molecule has 15 heavy (non-hydrogen) atoms. The third-order valence-electron chi connectivity index (χ3n) is 1.90. The minimum atomic E-state index is 0.359. The van der Waals surface area contributed by atoms with Crippen LogP contribution < -0.4 is 10.5 Å². The van der Waals surface area contributed by atoms with Crippen molar-refractivity contribution in [2.45, 2.75) is 6.42 Å². The Morgan fingerprint density at radius 2 is 2.07 bits per heavy atom. The third kappa shape index (κ3) is 3.85. The minimum Gasteiger partial charge on any atom is -0.493 e. The highest BCUT2D eigenvalue weighted by Gasteiger charge is 2.04. The van der Waals surface area contributed by atoms with Crippen molar-refractivity contribution in [3.05, 3.63) is 29.8 Å². The Morgan fingerprint density at radius 1 is 1.33 bits per heavy atom. The maximum atomic E-state index is 5.57. The normalized spacial score (nSPS) is 9.93. The minimum absolute atomic E-state index is 0.359. The van der Waals surface area contributed by atoms with Gasteiger partial charge in [-0.05, 0) is 12.1 Å². The van der Waals surface area contributed by atoms with E-state index < -0.39 is 0 Å². The van der Waals surface area contributed by atoms with Crippen molar-refractivity contribution >= 4 is 17.2 Å². The van der Waals surface area contributed by atoms with E-state index in [9.17, 15) is 0 Å². The SMILES string of the molecule is COCCCOc1ccccc1C(N)=S. The van der Waals surface area contributed by atoms with Crippen LogP contribution in [0.2, 0.25) is 0 Å². The number of methoxy groups -OCH3 is 1. The zero-order valence-corrected chi connectivity index (χ0v) is 9.55. The lowest BCUT2D eigenvalue weighted by Crippen LogP contribution is -2.12. The summed E-state index contributed by atoms with van der Waals surface area (Å²) >= 11 is 4.92. The van der Waals surface area contributed by atoms with Gasteiger partial charge in [0.25, 0.3) is 0 Å². The zero-order valence-electron chi connectivity index (χ0n) is 8.73. The second-order valence-electron chi connectivity index (χ2n) is 3.06. The van der Waals surface area contributed by atoms with E-state index >= 15 is 0 Å². The average Bonchev–Trinajstić information content (AvgIpc) is 2.25. The van der Waals surface area contributed by atoms with E-state index in [2.05, 4.69) is 0 Å². The van der Waals surface area contributed by atoms with Gasteiger partial charge in [0.2, 0.25) is 0 Å². The topological polar surface area (TPSA) is 44.5 Å². The number of benzene rings is 1. The summed E-state index contributed by atoms with van der Waals surface area (Å²) in [6.07, 6.45) is 0.849. The largest absolute Gasteiger partial charge is 0.493 e. The van der Waals surface area contributed by atoms with Gasteiger partial charge in [0.15, 0.2) is 0 Å². The van der Waals surface area contributed by atoms with Crippen molar-refractivity contribution in [1.82, 2.24) is 0 Å². The van der Waals surface area contributed by atoms with Crippen LogP contribution in [0.15, 0.2) is 24.3 Å². The Bertz CT molecular complexity index is 328. The van der Waals surface area contributed by atoms with Crippen LogP contribution in [-0.2, 0) is 4.74 Å². The smallest absolute Gasteiger partial charge is 0.129 e. The summed E-state index contributed by atoms with van der Waals surface area (Å²) in [6, 6.07) is 7.50. The molecule has 0 saturated carbocycles. The Morgan fingerprint density at radius 3 is 2.73 bits per heavy atom. The standard InChI is InChI=1S/C11H15NO2S/c1-13-7-4-8-14-10-6-3-2-5-9(10)11(12)15/h2-3,5-6H,4,7-8H2,1H3,(H2,12,15). The molecule has 0 radical (unpaired) electrons. The van der Waals surface area contributed by atoms with E-state index in [4.69, 9.17) is 27.4 Å². The fourth-order valence-electron chi connectivity index (χ4n) is 1.18. The van der Waals surface area contributed by atoms with Crippen LogP contribution in [0.5, 0.6) is 5.75 Å². The first kappa shape index (κ1) is 11.9. The summed E-state index contributed by atoms with van der Waals surface area (Å²) in [5.74, 6) is 0.737. The van der Waals surface area contributed by atoms with Crippen molar-refractivity contribution in [2.24, 2.45) is 5.73 Å². The van der Waals surface area contributed by atoms with Gasteiger partial charge in [-0.2, -0.15) is 0 Å². The Kier molecular flexibility index (Phi) is 5.07. The van der Waals surface area contributed by atoms with Crippen LogP contribution in [-0.4, -0.2) is 25.3 Å². The highest BCUT2D eigenvalue weighted by atomic mass is 32.1. The molecule has 0 saturated heterocycles. The van der Waals surface area contributed by atoms with Crippen LogP contribution in [0.1, 0.15) is 12.0 Å². The molecule has 0 bridgehead atoms. The predicted octanol–water partition coefficient (Wildman–Crippen LogP) is 1.74. The van der Waals surface area contributed by atoms with Crippen molar-refractivity contribution in [3.8, 4) is 5.75 Å². The predicted molar refractivity (Wildman–Crippen MR) is 64.3 cm³/mol. The molecule has 82 valence electrons. The highest BCUT2D eigenvalue weighted by Crippen LogP contribution is 2.17. The van der Waals surface area contributed by atoms with Crippen molar-refractivity contribution in [3.63, 3.8) is 0 Å². The van der Waals surface area contributed by atoms with Crippen molar-refractivity contribution < 1.29 is 9.47 Å². The molecule has 1 rings (SSSR count). The molecule has 0 aliphatic rings. The zero-order chi connectivity index (χ0) is 11.1. The summed E-state index contributed by atoms with van der Waals surface area (Å²) in [5.41, 5.74) is 6.35. The molecule has 0 aliphatic heterocycles. The first-order chi connectivity index (χ1) is 7.25. The van der Waals surface area contributed by atoms with Gasteiger partial charge >= 0.3 is 0 Å². The Balaban J connectivity index is 2.56. The summed E-state index contributed by atoms with van der Waals surface area (Å²) in [6.45, 7) is 1.29. The number of hydrogen-bond acceptors (Lipinski definition) is 3. The summed E-state index contributed by atoms with van der Waals surface area (Å²) in [5, 5.41) is 0. The fourth-order valence-corrected chi connectivity index (χ4v) is 1.35. The number of nitrogens with two attached hydrogens (primary N) is 1. The molecule has 0 spiro atoms. The second kappa shape index (κ2) is 6.37. The molecular formula is C11H15NO2S. The molecule has 0 amide bonds. The number of ether oxygens (including phenoxy) is 2. The Labute approximate surface area is 95.2 Å². The van der Waals surface area contributed by atoms with Gasteiger partial charge in [-0.15, -0.1) is 0 Å². The van der Waals surface area contributed by atoms with Gasteiger partial charge in [-0.1, -0.05) is 24.4 Å². The molecule has 1 aromatic rings. The molecule has 0 heterocycles. The van der Waals surface area contributed by atoms with Crippen molar-refractivity contribution in [2.75, 3.05) is 20.3 Å². The number of thiocarbonyl (C=S) groups is 1. The number of para-hydroxylation sites is 1. The molecule has 0 unspecified atom stereocenters. The number of rotatable bonds is 6. The maximum absolute atomic E-state index is 5.57. The fraction of sp³-hybridized carbons (Fsp3) is 0.364. The molecule has 1 aromatic carbocycles. The van der Waals surface area contributed by atoms with E-state index in [1.54, 1.807) is 7.11 Å². The van der Waals surface area contributed by atoms with Crippen LogP contribution in [0, 0.1) is 0 Å². The van der Waals surface area contributed by atoms with E-state index in [0.29, 0.717) is 18.2 Å².